The van der Waals surface area contributed by atoms with Gasteiger partial charge in [0.15, 0.2) is 0 Å². The first-order valence-corrected chi connectivity index (χ1v) is 7.19. The molecule has 0 aromatic rings. The zero-order chi connectivity index (χ0) is 13.0. The molecule has 1 amide bonds. The molecular weight excluding hydrogens is 224 g/mol. The number of hydrogen-bond donors (Lipinski definition) is 0. The molecular formula is C15H24N2O. The molecule has 0 aliphatic carbocycles. The van der Waals surface area contributed by atoms with Gasteiger partial charge in [-0.3, -0.25) is 4.79 Å². The molecule has 1 atom stereocenters. The minimum atomic E-state index is 0.152. The topological polar surface area (TPSA) is 23.6 Å². The van der Waals surface area contributed by atoms with Gasteiger partial charge in [-0.15, -0.1) is 12.3 Å². The molecule has 3 nitrogen and oxygen atoms in total. The maximum absolute atomic E-state index is 11.7. The summed E-state index contributed by atoms with van der Waals surface area (Å²) in [6.07, 6.45) is 9.68. The minimum Gasteiger partial charge on any atom is -0.341 e. The first kappa shape index (κ1) is 13.4. The number of carbonyl (C=O) groups is 1. The fourth-order valence-electron chi connectivity index (χ4n) is 3.03. The zero-order valence-corrected chi connectivity index (χ0v) is 11.4. The first-order valence-electron chi connectivity index (χ1n) is 7.19. The highest BCUT2D eigenvalue weighted by Gasteiger charge is 2.28. The van der Waals surface area contributed by atoms with Crippen molar-refractivity contribution in [3.63, 3.8) is 0 Å². The fourth-order valence-corrected chi connectivity index (χ4v) is 3.03. The van der Waals surface area contributed by atoms with Gasteiger partial charge < -0.3 is 9.80 Å². The van der Waals surface area contributed by atoms with E-state index < -0.39 is 0 Å². The molecule has 100 valence electrons. The van der Waals surface area contributed by atoms with Gasteiger partial charge >= 0.3 is 0 Å². The molecule has 0 spiro atoms. The number of likely N-dealkylation sites (tertiary alicyclic amines) is 2. The standard InChI is InChI=1S/C15H24N2O/c1-3-13-11-15(18)17(12-13)10-7-14-5-8-16(4-2)9-6-14/h1,13-14H,4-12H2,2H3. The lowest BCUT2D eigenvalue weighted by Crippen LogP contribution is -2.35. The number of rotatable bonds is 4. The fraction of sp³-hybridized carbons (Fsp3) is 0.800. The summed E-state index contributed by atoms with van der Waals surface area (Å²) in [5.41, 5.74) is 0. The van der Waals surface area contributed by atoms with E-state index in [1.54, 1.807) is 0 Å². The highest BCUT2D eigenvalue weighted by Crippen LogP contribution is 2.23. The van der Waals surface area contributed by atoms with E-state index in [9.17, 15) is 4.79 Å². The molecule has 3 heteroatoms. The second kappa shape index (κ2) is 6.24. The van der Waals surface area contributed by atoms with Crippen LogP contribution in [-0.4, -0.2) is 48.4 Å². The Kier molecular flexibility index (Phi) is 4.66. The Morgan fingerprint density at radius 1 is 1.39 bits per heavy atom. The highest BCUT2D eigenvalue weighted by atomic mass is 16.2. The van der Waals surface area contributed by atoms with Crippen molar-refractivity contribution in [2.24, 2.45) is 11.8 Å². The number of hydrogen-bond acceptors (Lipinski definition) is 2. The quantitative estimate of drug-likeness (QED) is 0.705. The first-order chi connectivity index (χ1) is 8.72. The number of piperidine rings is 1. The Morgan fingerprint density at radius 3 is 2.67 bits per heavy atom. The lowest BCUT2D eigenvalue weighted by molar-refractivity contribution is -0.127. The van der Waals surface area contributed by atoms with Crippen LogP contribution in [0.25, 0.3) is 0 Å². The van der Waals surface area contributed by atoms with E-state index in [1.807, 2.05) is 4.90 Å². The number of carbonyl (C=O) groups excluding carboxylic acids is 1. The average molecular weight is 248 g/mol. The second-order valence-electron chi connectivity index (χ2n) is 5.57. The zero-order valence-electron chi connectivity index (χ0n) is 11.4. The van der Waals surface area contributed by atoms with Crippen LogP contribution in [0, 0.1) is 24.2 Å². The normalized spacial score (nSPS) is 26.6. The van der Waals surface area contributed by atoms with Crippen LogP contribution in [0.2, 0.25) is 0 Å². The Hall–Kier alpha value is -1.01. The van der Waals surface area contributed by atoms with E-state index >= 15 is 0 Å². The SMILES string of the molecule is C#CC1CC(=O)N(CCC2CCN(CC)CC2)C1. The van der Waals surface area contributed by atoms with Crippen molar-refractivity contribution >= 4 is 5.91 Å². The number of nitrogens with zero attached hydrogens (tertiary/aromatic N) is 2. The molecule has 0 radical (unpaired) electrons. The lowest BCUT2D eigenvalue weighted by atomic mass is 9.93. The van der Waals surface area contributed by atoms with Crippen LogP contribution in [0.4, 0.5) is 0 Å². The Bertz CT molecular complexity index is 326. The van der Waals surface area contributed by atoms with Gasteiger partial charge in [-0.2, -0.15) is 0 Å². The van der Waals surface area contributed by atoms with E-state index in [1.165, 1.54) is 32.5 Å². The molecule has 2 rings (SSSR count). The van der Waals surface area contributed by atoms with E-state index in [-0.39, 0.29) is 11.8 Å². The van der Waals surface area contributed by atoms with Gasteiger partial charge in [0.05, 0.1) is 0 Å². The molecule has 18 heavy (non-hydrogen) atoms. The van der Waals surface area contributed by atoms with Crippen LogP contribution in [0.15, 0.2) is 0 Å². The summed E-state index contributed by atoms with van der Waals surface area (Å²) in [4.78, 5) is 16.2. The molecule has 2 saturated heterocycles. The van der Waals surface area contributed by atoms with E-state index in [0.29, 0.717) is 6.42 Å². The summed E-state index contributed by atoms with van der Waals surface area (Å²) >= 11 is 0. The van der Waals surface area contributed by atoms with Crippen molar-refractivity contribution in [3.05, 3.63) is 0 Å². The third-order valence-electron chi connectivity index (χ3n) is 4.41. The highest BCUT2D eigenvalue weighted by molar-refractivity contribution is 5.79. The molecule has 2 fully saturated rings. The van der Waals surface area contributed by atoms with Crippen LogP contribution in [0.1, 0.15) is 32.6 Å². The summed E-state index contributed by atoms with van der Waals surface area (Å²) in [5.74, 6) is 3.91. The smallest absolute Gasteiger partial charge is 0.223 e. The summed E-state index contributed by atoms with van der Waals surface area (Å²) in [6, 6.07) is 0. The Balaban J connectivity index is 1.70. The van der Waals surface area contributed by atoms with Crippen LogP contribution < -0.4 is 0 Å². The molecule has 0 bridgehead atoms. The van der Waals surface area contributed by atoms with Gasteiger partial charge in [0.1, 0.15) is 0 Å². The number of amides is 1. The van der Waals surface area contributed by atoms with Gasteiger partial charge in [-0.05, 0) is 44.8 Å². The summed E-state index contributed by atoms with van der Waals surface area (Å²) < 4.78 is 0. The maximum atomic E-state index is 11.7. The number of terminal acetylenes is 1. The van der Waals surface area contributed by atoms with Crippen LogP contribution in [-0.2, 0) is 4.79 Å². The summed E-state index contributed by atoms with van der Waals surface area (Å²) in [5, 5.41) is 0. The average Bonchev–Trinajstić information content (AvgIpc) is 2.77. The van der Waals surface area contributed by atoms with Crippen molar-refractivity contribution in [2.45, 2.75) is 32.6 Å². The van der Waals surface area contributed by atoms with Crippen LogP contribution in [0.5, 0.6) is 0 Å². The van der Waals surface area contributed by atoms with Gasteiger partial charge in [0.2, 0.25) is 5.91 Å². The molecule has 2 heterocycles. The van der Waals surface area contributed by atoms with Gasteiger partial charge in [-0.25, -0.2) is 0 Å². The molecule has 1 unspecified atom stereocenters. The minimum absolute atomic E-state index is 0.152. The monoisotopic (exact) mass is 248 g/mol. The molecule has 0 saturated carbocycles. The molecule has 0 N–H and O–H groups in total. The molecule has 2 aliphatic rings. The van der Waals surface area contributed by atoms with Crippen molar-refractivity contribution in [1.82, 2.24) is 9.80 Å². The lowest BCUT2D eigenvalue weighted by Gasteiger charge is -2.31. The maximum Gasteiger partial charge on any atom is 0.223 e. The van der Waals surface area contributed by atoms with Crippen molar-refractivity contribution in [1.29, 1.82) is 0 Å². The Morgan fingerprint density at radius 2 is 2.11 bits per heavy atom. The summed E-state index contributed by atoms with van der Waals surface area (Å²) in [6.45, 7) is 7.53. The van der Waals surface area contributed by atoms with Crippen molar-refractivity contribution in [3.8, 4) is 12.3 Å². The van der Waals surface area contributed by atoms with E-state index in [2.05, 4.69) is 17.7 Å². The third kappa shape index (κ3) is 3.26. The molecule has 2 aliphatic heterocycles. The predicted molar refractivity (Wildman–Crippen MR) is 73.0 cm³/mol. The van der Waals surface area contributed by atoms with Crippen molar-refractivity contribution in [2.75, 3.05) is 32.7 Å². The predicted octanol–water partition coefficient (Wildman–Crippen LogP) is 1.59. The Labute approximate surface area is 111 Å². The van der Waals surface area contributed by atoms with E-state index in [4.69, 9.17) is 6.42 Å². The third-order valence-corrected chi connectivity index (χ3v) is 4.41. The second-order valence-corrected chi connectivity index (χ2v) is 5.57. The van der Waals surface area contributed by atoms with Crippen LogP contribution in [0.3, 0.4) is 0 Å². The van der Waals surface area contributed by atoms with Gasteiger partial charge in [-0.1, -0.05) is 6.92 Å². The summed E-state index contributed by atoms with van der Waals surface area (Å²) in [7, 11) is 0. The van der Waals surface area contributed by atoms with Crippen molar-refractivity contribution < 1.29 is 4.79 Å². The van der Waals surface area contributed by atoms with Gasteiger partial charge in [0.25, 0.3) is 0 Å². The van der Waals surface area contributed by atoms with E-state index in [0.717, 1.165) is 25.4 Å². The van der Waals surface area contributed by atoms with Crippen LogP contribution >= 0.6 is 0 Å². The molecule has 0 aromatic heterocycles. The van der Waals surface area contributed by atoms with Gasteiger partial charge in [0, 0.05) is 25.4 Å². The molecule has 0 aromatic carbocycles. The largest absolute Gasteiger partial charge is 0.341 e.